The van der Waals surface area contributed by atoms with Gasteiger partial charge in [-0.1, -0.05) is 42.5 Å². The van der Waals surface area contributed by atoms with Crippen LogP contribution >= 0.6 is 0 Å². The standard InChI is InChI=1S/C23H21N3O3/c1-16(27)23-25-18-11-5-7-13-20(18)26(23)15-22(28)24-19-12-6-8-14-21(19)29-17-9-3-2-4-10-17/h2-14,16,27H,15H2,1H3,(H,24,28). The highest BCUT2D eigenvalue weighted by Crippen LogP contribution is 2.29. The molecule has 0 saturated carbocycles. The minimum Gasteiger partial charge on any atom is -0.455 e. The molecule has 1 aromatic heterocycles. The average Bonchev–Trinajstić information content (AvgIpc) is 3.09. The molecule has 0 saturated heterocycles. The monoisotopic (exact) mass is 387 g/mol. The summed E-state index contributed by atoms with van der Waals surface area (Å²) in [6.45, 7) is 1.67. The zero-order valence-corrected chi connectivity index (χ0v) is 15.9. The number of carbonyl (C=O) groups is 1. The van der Waals surface area contributed by atoms with Crippen LogP contribution in [0.15, 0.2) is 78.9 Å². The van der Waals surface area contributed by atoms with Crippen molar-refractivity contribution < 1.29 is 14.6 Å². The summed E-state index contributed by atoms with van der Waals surface area (Å²) in [7, 11) is 0. The molecule has 0 aliphatic heterocycles. The number of benzene rings is 3. The average molecular weight is 387 g/mol. The highest BCUT2D eigenvalue weighted by molar-refractivity contribution is 5.93. The van der Waals surface area contributed by atoms with Crippen molar-refractivity contribution in [1.82, 2.24) is 9.55 Å². The molecular formula is C23H21N3O3. The van der Waals surface area contributed by atoms with E-state index in [1.165, 1.54) is 0 Å². The predicted octanol–water partition coefficient (Wildman–Crippen LogP) is 4.52. The maximum Gasteiger partial charge on any atom is 0.244 e. The summed E-state index contributed by atoms with van der Waals surface area (Å²) in [6.07, 6.45) is -0.788. The lowest BCUT2D eigenvalue weighted by molar-refractivity contribution is -0.116. The van der Waals surface area contributed by atoms with Gasteiger partial charge in [-0.15, -0.1) is 0 Å². The van der Waals surface area contributed by atoms with E-state index < -0.39 is 6.10 Å². The first-order valence-electron chi connectivity index (χ1n) is 9.37. The molecule has 4 rings (SSSR count). The summed E-state index contributed by atoms with van der Waals surface area (Å²) in [5.74, 6) is 1.46. The molecule has 6 nitrogen and oxygen atoms in total. The number of aliphatic hydroxyl groups is 1. The number of carbonyl (C=O) groups excluding carboxylic acids is 1. The third-order valence-electron chi connectivity index (χ3n) is 4.49. The van der Waals surface area contributed by atoms with Crippen LogP contribution in [0.25, 0.3) is 11.0 Å². The number of anilines is 1. The third-order valence-corrected chi connectivity index (χ3v) is 4.49. The molecule has 0 fully saturated rings. The van der Waals surface area contributed by atoms with Crippen molar-refractivity contribution in [3.63, 3.8) is 0 Å². The first kappa shape index (κ1) is 18.7. The van der Waals surface area contributed by atoms with Crippen molar-refractivity contribution in [2.75, 3.05) is 5.32 Å². The van der Waals surface area contributed by atoms with Crippen LogP contribution in [-0.4, -0.2) is 20.6 Å². The molecule has 4 aromatic rings. The van der Waals surface area contributed by atoms with Crippen LogP contribution in [0.3, 0.4) is 0 Å². The molecule has 6 heteroatoms. The molecule has 0 radical (unpaired) electrons. The number of hydrogen-bond donors (Lipinski definition) is 2. The lowest BCUT2D eigenvalue weighted by Gasteiger charge is -2.14. The fourth-order valence-electron chi connectivity index (χ4n) is 3.19. The van der Waals surface area contributed by atoms with Gasteiger partial charge in [0.1, 0.15) is 24.2 Å². The minimum absolute atomic E-state index is 0.0282. The molecule has 1 amide bonds. The molecule has 2 N–H and O–H groups in total. The minimum atomic E-state index is -0.788. The number of para-hydroxylation sites is 5. The quantitative estimate of drug-likeness (QED) is 0.510. The Hall–Kier alpha value is -3.64. The third kappa shape index (κ3) is 4.12. The van der Waals surface area contributed by atoms with Gasteiger partial charge in [0.25, 0.3) is 0 Å². The van der Waals surface area contributed by atoms with E-state index in [0.717, 1.165) is 11.0 Å². The number of rotatable bonds is 6. The number of hydrogen-bond acceptors (Lipinski definition) is 4. The van der Waals surface area contributed by atoms with Crippen LogP contribution in [-0.2, 0) is 11.3 Å². The van der Waals surface area contributed by atoms with E-state index in [4.69, 9.17) is 4.74 Å². The Labute approximate surface area is 168 Å². The summed E-state index contributed by atoms with van der Waals surface area (Å²) in [5.41, 5.74) is 2.11. The van der Waals surface area contributed by atoms with E-state index in [1.807, 2.05) is 66.7 Å². The number of nitrogens with one attached hydrogen (secondary N) is 1. The van der Waals surface area contributed by atoms with Gasteiger partial charge in [0, 0.05) is 0 Å². The van der Waals surface area contributed by atoms with Gasteiger partial charge < -0.3 is 19.7 Å². The molecule has 1 heterocycles. The van der Waals surface area contributed by atoms with E-state index in [9.17, 15) is 9.90 Å². The summed E-state index contributed by atoms with van der Waals surface area (Å²) < 4.78 is 7.64. The number of fused-ring (bicyclic) bond motifs is 1. The second-order valence-corrected chi connectivity index (χ2v) is 6.68. The second-order valence-electron chi connectivity index (χ2n) is 6.68. The molecule has 29 heavy (non-hydrogen) atoms. The molecule has 1 unspecified atom stereocenters. The highest BCUT2D eigenvalue weighted by atomic mass is 16.5. The van der Waals surface area contributed by atoms with Crippen LogP contribution < -0.4 is 10.1 Å². The van der Waals surface area contributed by atoms with Gasteiger partial charge in [-0.25, -0.2) is 4.98 Å². The topological polar surface area (TPSA) is 76.4 Å². The number of nitrogens with zero attached hydrogens (tertiary/aromatic N) is 2. The first-order valence-corrected chi connectivity index (χ1v) is 9.37. The normalized spacial score (nSPS) is 11.9. The predicted molar refractivity (Wildman–Crippen MR) is 112 cm³/mol. The van der Waals surface area contributed by atoms with Crippen molar-refractivity contribution in [2.45, 2.75) is 19.6 Å². The maximum atomic E-state index is 12.8. The van der Waals surface area contributed by atoms with Crippen molar-refractivity contribution in [2.24, 2.45) is 0 Å². The molecule has 0 bridgehead atoms. The van der Waals surface area contributed by atoms with E-state index in [1.54, 1.807) is 23.6 Å². The van der Waals surface area contributed by atoms with Gasteiger partial charge >= 0.3 is 0 Å². The largest absolute Gasteiger partial charge is 0.455 e. The van der Waals surface area contributed by atoms with Gasteiger partial charge in [-0.2, -0.15) is 0 Å². The van der Waals surface area contributed by atoms with Gasteiger partial charge in [-0.05, 0) is 43.3 Å². The van der Waals surface area contributed by atoms with Gasteiger partial charge in [0.15, 0.2) is 5.75 Å². The Morgan fingerprint density at radius 3 is 2.52 bits per heavy atom. The number of aromatic nitrogens is 2. The molecule has 146 valence electrons. The van der Waals surface area contributed by atoms with Gasteiger partial charge in [-0.3, -0.25) is 4.79 Å². The lowest BCUT2D eigenvalue weighted by atomic mass is 10.2. The van der Waals surface area contributed by atoms with Crippen LogP contribution in [0.2, 0.25) is 0 Å². The summed E-state index contributed by atoms with van der Waals surface area (Å²) in [5, 5.41) is 13.0. The summed E-state index contributed by atoms with van der Waals surface area (Å²) in [4.78, 5) is 17.3. The van der Waals surface area contributed by atoms with Crippen LogP contribution in [0.1, 0.15) is 18.9 Å². The number of ether oxygens (including phenoxy) is 1. The number of imidazole rings is 1. The fraction of sp³-hybridized carbons (Fsp3) is 0.130. The Kier molecular flexibility index (Phi) is 5.27. The van der Waals surface area contributed by atoms with Gasteiger partial charge in [0.05, 0.1) is 16.7 Å². The Morgan fingerprint density at radius 1 is 1.03 bits per heavy atom. The van der Waals surface area contributed by atoms with E-state index in [2.05, 4.69) is 10.3 Å². The van der Waals surface area contributed by atoms with Crippen molar-refractivity contribution in [3.05, 3.63) is 84.7 Å². The Morgan fingerprint density at radius 2 is 1.72 bits per heavy atom. The zero-order chi connectivity index (χ0) is 20.2. The number of amides is 1. The molecule has 0 aliphatic rings. The SMILES string of the molecule is CC(O)c1nc2ccccc2n1CC(=O)Nc1ccccc1Oc1ccccc1. The van der Waals surface area contributed by atoms with E-state index in [0.29, 0.717) is 23.0 Å². The number of aliphatic hydroxyl groups excluding tert-OH is 1. The maximum absolute atomic E-state index is 12.8. The van der Waals surface area contributed by atoms with Gasteiger partial charge in [0.2, 0.25) is 5.91 Å². The zero-order valence-electron chi connectivity index (χ0n) is 15.9. The summed E-state index contributed by atoms with van der Waals surface area (Å²) >= 11 is 0. The fourth-order valence-corrected chi connectivity index (χ4v) is 3.19. The Balaban J connectivity index is 1.57. The van der Waals surface area contributed by atoms with Crippen LogP contribution in [0.4, 0.5) is 5.69 Å². The molecule has 0 aliphatic carbocycles. The van der Waals surface area contributed by atoms with Crippen molar-refractivity contribution in [1.29, 1.82) is 0 Å². The highest BCUT2D eigenvalue weighted by Gasteiger charge is 2.17. The van der Waals surface area contributed by atoms with Crippen LogP contribution in [0.5, 0.6) is 11.5 Å². The smallest absolute Gasteiger partial charge is 0.244 e. The van der Waals surface area contributed by atoms with E-state index in [-0.39, 0.29) is 12.5 Å². The first-order chi connectivity index (χ1) is 14.1. The second kappa shape index (κ2) is 8.16. The molecule has 1 atom stereocenters. The molecule has 3 aromatic carbocycles. The van der Waals surface area contributed by atoms with E-state index >= 15 is 0 Å². The molecular weight excluding hydrogens is 366 g/mol. The Bertz CT molecular complexity index is 1140. The molecule has 0 spiro atoms. The van der Waals surface area contributed by atoms with Crippen molar-refractivity contribution in [3.8, 4) is 11.5 Å². The van der Waals surface area contributed by atoms with Crippen molar-refractivity contribution >= 4 is 22.6 Å². The lowest BCUT2D eigenvalue weighted by Crippen LogP contribution is -2.21. The summed E-state index contributed by atoms with van der Waals surface area (Å²) in [6, 6.07) is 24.2. The van der Waals surface area contributed by atoms with Crippen LogP contribution in [0, 0.1) is 0 Å².